The summed E-state index contributed by atoms with van der Waals surface area (Å²) in [5, 5.41) is 7.28. The standard InChI is InChI=1S/C28H38N4O6S.C2H6/c1-18-7-9-19(10-8-18)15-29-24(33)22-20-11-14-32(25(34)23(20)31(6)30-22)17-28(12-13-28)39(35,36)26(2,3)21-16-37-27(4,5)38-21;1-2/h7-10,21H,11-17H2,1-6H3,(H,29,33);1-2H3. The first-order chi connectivity index (χ1) is 19.2. The van der Waals surface area contributed by atoms with Crippen molar-refractivity contribution in [3.05, 3.63) is 52.3 Å². The smallest absolute Gasteiger partial charge is 0.272 e. The van der Waals surface area contributed by atoms with Gasteiger partial charge in [-0.05, 0) is 59.4 Å². The monoisotopic (exact) mass is 588 g/mol. The summed E-state index contributed by atoms with van der Waals surface area (Å²) in [5.74, 6) is -1.47. The molecule has 5 rings (SSSR count). The molecule has 2 amide bonds. The van der Waals surface area contributed by atoms with Crippen LogP contribution in [0, 0.1) is 6.92 Å². The Morgan fingerprint density at radius 3 is 2.37 bits per heavy atom. The van der Waals surface area contributed by atoms with E-state index in [1.165, 1.54) is 4.68 Å². The van der Waals surface area contributed by atoms with E-state index in [0.29, 0.717) is 43.6 Å². The molecule has 2 fully saturated rings. The van der Waals surface area contributed by atoms with Crippen LogP contribution in [0.15, 0.2) is 24.3 Å². The maximum atomic E-state index is 14.0. The Hall–Kier alpha value is -2.76. The van der Waals surface area contributed by atoms with Crippen LogP contribution in [-0.4, -0.2) is 76.0 Å². The third kappa shape index (κ3) is 5.68. The minimum atomic E-state index is -3.70. The number of aromatic nitrogens is 2. The second-order valence-corrected chi connectivity index (χ2v) is 15.0. The van der Waals surface area contributed by atoms with E-state index >= 15 is 0 Å². The third-order valence-corrected chi connectivity index (χ3v) is 11.7. The number of hydrogen-bond donors (Lipinski definition) is 1. The number of sulfone groups is 1. The van der Waals surface area contributed by atoms with Crippen LogP contribution in [0.1, 0.15) is 92.1 Å². The molecule has 226 valence electrons. The van der Waals surface area contributed by atoms with Gasteiger partial charge < -0.3 is 19.7 Å². The summed E-state index contributed by atoms with van der Waals surface area (Å²) in [7, 11) is -2.06. The summed E-state index contributed by atoms with van der Waals surface area (Å²) in [6.07, 6.45) is 0.807. The SMILES string of the molecule is CC.Cc1ccc(CNC(=O)c2nn(C)c3c2CCN(CC2(S(=O)(=O)C(C)(C)C4COC(C)(C)O4)CC2)C3=O)cc1. The molecule has 1 aromatic carbocycles. The van der Waals surface area contributed by atoms with Crippen LogP contribution in [-0.2, 0) is 39.3 Å². The highest BCUT2D eigenvalue weighted by atomic mass is 32.2. The molecule has 1 aromatic heterocycles. The lowest BCUT2D eigenvalue weighted by atomic mass is 10.0. The predicted octanol–water partition coefficient (Wildman–Crippen LogP) is 3.56. The maximum Gasteiger partial charge on any atom is 0.272 e. The summed E-state index contributed by atoms with van der Waals surface area (Å²) in [6, 6.07) is 7.89. The fraction of sp³-hybridized carbons (Fsp3) is 0.633. The lowest BCUT2D eigenvalue weighted by Gasteiger charge is -2.37. The minimum absolute atomic E-state index is 0.105. The van der Waals surface area contributed by atoms with Gasteiger partial charge in [-0.2, -0.15) is 5.10 Å². The van der Waals surface area contributed by atoms with Gasteiger partial charge in [0, 0.05) is 32.2 Å². The number of fused-ring (bicyclic) bond motifs is 1. The van der Waals surface area contributed by atoms with Crippen molar-refractivity contribution in [1.82, 2.24) is 20.0 Å². The third-order valence-electron chi connectivity index (χ3n) is 8.39. The Morgan fingerprint density at radius 1 is 1.17 bits per heavy atom. The molecule has 1 aliphatic carbocycles. The van der Waals surface area contributed by atoms with Gasteiger partial charge in [0.25, 0.3) is 11.8 Å². The van der Waals surface area contributed by atoms with E-state index in [-0.39, 0.29) is 30.7 Å². The van der Waals surface area contributed by atoms with Crippen LogP contribution < -0.4 is 5.32 Å². The number of amides is 2. The van der Waals surface area contributed by atoms with E-state index in [1.54, 1.807) is 39.6 Å². The molecular formula is C30H44N4O6S. The zero-order chi connectivity index (χ0) is 30.4. The summed E-state index contributed by atoms with van der Waals surface area (Å²) in [4.78, 5) is 28.2. The van der Waals surface area contributed by atoms with Crippen LogP contribution in [0.2, 0.25) is 0 Å². The number of aryl methyl sites for hydroxylation is 2. The average molecular weight is 589 g/mol. The van der Waals surface area contributed by atoms with Crippen molar-refractivity contribution in [2.24, 2.45) is 7.05 Å². The second kappa shape index (κ2) is 11.1. The van der Waals surface area contributed by atoms with Crippen molar-refractivity contribution in [1.29, 1.82) is 0 Å². The fourth-order valence-electron chi connectivity index (χ4n) is 5.64. The molecule has 1 unspecified atom stereocenters. The molecule has 10 nitrogen and oxygen atoms in total. The Morgan fingerprint density at radius 2 is 1.80 bits per heavy atom. The summed E-state index contributed by atoms with van der Waals surface area (Å²) in [5.41, 5.74) is 3.29. The number of hydrogen-bond acceptors (Lipinski definition) is 7. The topological polar surface area (TPSA) is 120 Å². The van der Waals surface area contributed by atoms with Gasteiger partial charge in [0.05, 0.1) is 16.1 Å². The average Bonchev–Trinajstić information content (AvgIpc) is 3.51. The van der Waals surface area contributed by atoms with Gasteiger partial charge in [-0.25, -0.2) is 8.42 Å². The van der Waals surface area contributed by atoms with Gasteiger partial charge >= 0.3 is 0 Å². The predicted molar refractivity (Wildman–Crippen MR) is 156 cm³/mol. The highest BCUT2D eigenvalue weighted by Gasteiger charge is 2.64. The maximum absolute atomic E-state index is 14.0. The highest BCUT2D eigenvalue weighted by Crippen LogP contribution is 2.51. The van der Waals surface area contributed by atoms with E-state index in [2.05, 4.69) is 10.4 Å². The first-order valence-electron chi connectivity index (χ1n) is 14.4. The first-order valence-corrected chi connectivity index (χ1v) is 15.9. The first kappa shape index (κ1) is 31.2. The van der Waals surface area contributed by atoms with Gasteiger partial charge in [-0.15, -0.1) is 0 Å². The van der Waals surface area contributed by atoms with E-state index < -0.39 is 31.2 Å². The molecule has 0 spiro atoms. The fourth-order valence-corrected chi connectivity index (χ4v) is 8.18. The summed E-state index contributed by atoms with van der Waals surface area (Å²) >= 11 is 0. The van der Waals surface area contributed by atoms with Gasteiger partial charge in [-0.1, -0.05) is 43.7 Å². The molecule has 1 N–H and O–H groups in total. The quantitative estimate of drug-likeness (QED) is 0.501. The number of rotatable bonds is 8. The van der Waals surface area contributed by atoms with Crippen molar-refractivity contribution in [3.63, 3.8) is 0 Å². The number of carbonyl (C=O) groups excluding carboxylic acids is 2. The molecule has 1 atom stereocenters. The Balaban J connectivity index is 0.00000189. The molecule has 11 heteroatoms. The molecule has 41 heavy (non-hydrogen) atoms. The lowest BCUT2D eigenvalue weighted by molar-refractivity contribution is -0.141. The van der Waals surface area contributed by atoms with Crippen molar-refractivity contribution >= 4 is 21.7 Å². The van der Waals surface area contributed by atoms with Crippen molar-refractivity contribution < 1.29 is 27.5 Å². The second-order valence-electron chi connectivity index (χ2n) is 12.1. The zero-order valence-corrected chi connectivity index (χ0v) is 26.4. The van der Waals surface area contributed by atoms with Crippen LogP contribution in [0.25, 0.3) is 0 Å². The van der Waals surface area contributed by atoms with Crippen molar-refractivity contribution in [2.75, 3.05) is 19.7 Å². The van der Waals surface area contributed by atoms with E-state index in [9.17, 15) is 18.0 Å². The van der Waals surface area contributed by atoms with Gasteiger partial charge in [0.2, 0.25) is 0 Å². The number of carbonyl (C=O) groups is 2. The number of nitrogens with one attached hydrogen (secondary N) is 1. The van der Waals surface area contributed by atoms with Crippen molar-refractivity contribution in [2.45, 2.75) is 95.7 Å². The molecule has 0 radical (unpaired) electrons. The Labute approximate surface area is 243 Å². The van der Waals surface area contributed by atoms with Crippen LogP contribution >= 0.6 is 0 Å². The largest absolute Gasteiger partial charge is 0.348 e. The molecule has 1 saturated carbocycles. The lowest BCUT2D eigenvalue weighted by Crippen LogP contribution is -2.55. The van der Waals surface area contributed by atoms with Gasteiger partial charge in [0.15, 0.2) is 21.3 Å². The molecule has 1 saturated heterocycles. The van der Waals surface area contributed by atoms with E-state index in [4.69, 9.17) is 9.47 Å². The van der Waals surface area contributed by atoms with Crippen LogP contribution in [0.4, 0.5) is 0 Å². The van der Waals surface area contributed by atoms with Gasteiger partial charge in [0.1, 0.15) is 11.8 Å². The number of benzene rings is 1. The highest BCUT2D eigenvalue weighted by molar-refractivity contribution is 7.94. The summed E-state index contributed by atoms with van der Waals surface area (Å²) in [6.45, 7) is 13.9. The van der Waals surface area contributed by atoms with Crippen LogP contribution in [0.3, 0.4) is 0 Å². The number of nitrogens with zero attached hydrogens (tertiary/aromatic N) is 3. The van der Waals surface area contributed by atoms with E-state index in [0.717, 1.165) is 11.1 Å². The minimum Gasteiger partial charge on any atom is -0.348 e. The van der Waals surface area contributed by atoms with Gasteiger partial charge in [-0.3, -0.25) is 14.3 Å². The Kier molecular flexibility index (Phi) is 8.48. The molecular weight excluding hydrogens is 544 g/mol. The summed E-state index contributed by atoms with van der Waals surface area (Å²) < 4.78 is 38.8. The molecule has 3 aliphatic rings. The molecule has 2 aromatic rings. The normalized spacial score (nSPS) is 21.1. The molecule has 2 aliphatic heterocycles. The Bertz CT molecular complexity index is 1410. The number of ether oxygens (including phenoxy) is 2. The zero-order valence-electron chi connectivity index (χ0n) is 25.5. The van der Waals surface area contributed by atoms with Crippen molar-refractivity contribution in [3.8, 4) is 0 Å². The van der Waals surface area contributed by atoms with E-state index in [1.807, 2.05) is 45.0 Å². The van der Waals surface area contributed by atoms with Crippen LogP contribution in [0.5, 0.6) is 0 Å². The molecule has 3 heterocycles. The molecule has 0 bridgehead atoms.